The maximum atomic E-state index is 5.63. The van der Waals surface area contributed by atoms with Crippen molar-refractivity contribution in [1.82, 2.24) is 0 Å². The highest BCUT2D eigenvalue weighted by atomic mass is 32.1. The van der Waals surface area contributed by atoms with E-state index in [1.54, 1.807) is 0 Å². The standard InChI is InChI=1S/C18H14NO2S/c1-11-13-6-4-3-5-12(13)7-8-14(11)16-17-15(9-10-19(16)2)20-18(22)21-17/h3-10H,1-2H3/q+1. The van der Waals surface area contributed by atoms with Gasteiger partial charge in [0.1, 0.15) is 7.05 Å². The topological polar surface area (TPSA) is 30.2 Å². The number of nitrogens with zero attached hydrogens (tertiary/aromatic N) is 1. The predicted molar refractivity (Wildman–Crippen MR) is 88.2 cm³/mol. The highest BCUT2D eigenvalue weighted by Gasteiger charge is 2.22. The highest BCUT2D eigenvalue weighted by molar-refractivity contribution is 7.71. The van der Waals surface area contributed by atoms with Crippen LogP contribution in [0.1, 0.15) is 5.56 Å². The molecule has 0 unspecified atom stereocenters. The quantitative estimate of drug-likeness (QED) is 0.377. The molecule has 0 bridgehead atoms. The van der Waals surface area contributed by atoms with E-state index in [1.807, 2.05) is 23.9 Å². The van der Waals surface area contributed by atoms with E-state index in [-0.39, 0.29) is 4.90 Å². The van der Waals surface area contributed by atoms with Gasteiger partial charge in [0.25, 0.3) is 5.69 Å². The molecule has 108 valence electrons. The van der Waals surface area contributed by atoms with Crippen LogP contribution in [0.4, 0.5) is 0 Å². The van der Waals surface area contributed by atoms with Crippen LogP contribution in [0.25, 0.3) is 33.2 Å². The molecule has 0 aliphatic heterocycles. The minimum Gasteiger partial charge on any atom is -0.413 e. The average molecular weight is 308 g/mol. The molecule has 0 aliphatic rings. The summed E-state index contributed by atoms with van der Waals surface area (Å²) in [5, 5.41) is 2.46. The van der Waals surface area contributed by atoms with E-state index < -0.39 is 0 Å². The van der Waals surface area contributed by atoms with Crippen molar-refractivity contribution in [2.45, 2.75) is 6.92 Å². The molecule has 4 heteroatoms. The summed E-state index contributed by atoms with van der Waals surface area (Å²) < 4.78 is 13.1. The van der Waals surface area contributed by atoms with Crippen molar-refractivity contribution < 1.29 is 13.4 Å². The van der Waals surface area contributed by atoms with Gasteiger partial charge in [-0.3, -0.25) is 0 Å². The number of aryl methyl sites for hydroxylation is 2. The Kier molecular flexibility index (Phi) is 2.87. The molecule has 0 atom stereocenters. The molecule has 2 aromatic heterocycles. The first kappa shape index (κ1) is 13.2. The lowest BCUT2D eigenvalue weighted by molar-refractivity contribution is -0.659. The molecule has 2 aromatic carbocycles. The zero-order valence-electron chi connectivity index (χ0n) is 12.3. The van der Waals surface area contributed by atoms with E-state index in [9.17, 15) is 0 Å². The number of fused-ring (bicyclic) bond motifs is 2. The second kappa shape index (κ2) is 4.78. The number of pyridine rings is 1. The van der Waals surface area contributed by atoms with Crippen LogP contribution < -0.4 is 4.57 Å². The van der Waals surface area contributed by atoms with Crippen LogP contribution in [0, 0.1) is 11.8 Å². The van der Waals surface area contributed by atoms with Crippen LogP contribution in [0.3, 0.4) is 0 Å². The summed E-state index contributed by atoms with van der Waals surface area (Å²) >= 11 is 5.03. The Morgan fingerprint density at radius 2 is 1.82 bits per heavy atom. The summed E-state index contributed by atoms with van der Waals surface area (Å²) in [6, 6.07) is 14.5. The summed E-state index contributed by atoms with van der Waals surface area (Å²) in [5.41, 5.74) is 4.66. The van der Waals surface area contributed by atoms with Crippen molar-refractivity contribution >= 4 is 34.2 Å². The van der Waals surface area contributed by atoms with Gasteiger partial charge in [-0.25, -0.2) is 0 Å². The molecular weight excluding hydrogens is 294 g/mol. The second-order valence-corrected chi connectivity index (χ2v) is 5.72. The number of hydrogen-bond donors (Lipinski definition) is 0. The third kappa shape index (κ3) is 1.88. The van der Waals surface area contributed by atoms with Gasteiger partial charge in [-0.15, -0.1) is 0 Å². The predicted octanol–water partition coefficient (Wildman–Crippen LogP) is 4.71. The van der Waals surface area contributed by atoms with Crippen LogP contribution >= 0.6 is 12.2 Å². The minimum absolute atomic E-state index is 0.154. The number of aromatic nitrogens is 1. The molecule has 0 aliphatic carbocycles. The van der Waals surface area contributed by atoms with Crippen LogP contribution in [-0.4, -0.2) is 0 Å². The zero-order valence-corrected chi connectivity index (χ0v) is 13.1. The molecular formula is C18H14NO2S+. The molecule has 3 nitrogen and oxygen atoms in total. The van der Waals surface area contributed by atoms with Crippen LogP contribution in [-0.2, 0) is 7.05 Å². The van der Waals surface area contributed by atoms with Crippen molar-refractivity contribution in [3.8, 4) is 11.3 Å². The molecule has 0 saturated heterocycles. The van der Waals surface area contributed by atoms with E-state index in [2.05, 4.69) is 43.3 Å². The Morgan fingerprint density at radius 3 is 2.68 bits per heavy atom. The summed E-state index contributed by atoms with van der Waals surface area (Å²) in [6.45, 7) is 2.13. The summed E-state index contributed by atoms with van der Waals surface area (Å²) in [7, 11) is 2.00. The number of hydrogen-bond acceptors (Lipinski definition) is 3. The van der Waals surface area contributed by atoms with Crippen LogP contribution in [0.5, 0.6) is 0 Å². The summed E-state index contributed by atoms with van der Waals surface area (Å²) in [4.78, 5) is 0.154. The first-order chi connectivity index (χ1) is 10.6. The van der Waals surface area contributed by atoms with Gasteiger partial charge in [-0.1, -0.05) is 30.3 Å². The van der Waals surface area contributed by atoms with Gasteiger partial charge in [-0.05, 0) is 29.3 Å². The van der Waals surface area contributed by atoms with Gasteiger partial charge in [0.2, 0.25) is 5.58 Å². The fourth-order valence-electron chi connectivity index (χ4n) is 2.98. The molecule has 0 saturated carbocycles. The normalized spacial score (nSPS) is 11.4. The SMILES string of the molecule is Cc1c(-c2c3oc(=S)oc3cc[n+]2C)ccc2ccccc12. The van der Waals surface area contributed by atoms with Crippen LogP contribution in [0.2, 0.25) is 0 Å². The molecule has 0 fully saturated rings. The Morgan fingerprint density at radius 1 is 1.00 bits per heavy atom. The lowest BCUT2D eigenvalue weighted by Crippen LogP contribution is -2.30. The highest BCUT2D eigenvalue weighted by Crippen LogP contribution is 2.32. The Hall–Kier alpha value is -2.46. The minimum atomic E-state index is 0.154. The second-order valence-electron chi connectivity index (χ2n) is 5.38. The van der Waals surface area contributed by atoms with Crippen molar-refractivity contribution in [3.05, 3.63) is 59.1 Å². The smallest absolute Gasteiger partial charge is 0.363 e. The monoisotopic (exact) mass is 308 g/mol. The Balaban J connectivity index is 2.13. The summed E-state index contributed by atoms with van der Waals surface area (Å²) in [5.74, 6) is 0. The Labute approximate surface area is 132 Å². The van der Waals surface area contributed by atoms with Crippen LogP contribution in [0.15, 0.2) is 57.5 Å². The molecule has 0 radical (unpaired) electrons. The van der Waals surface area contributed by atoms with E-state index in [1.165, 1.54) is 16.3 Å². The molecule has 2 heterocycles. The number of benzene rings is 2. The van der Waals surface area contributed by atoms with E-state index in [4.69, 9.17) is 21.1 Å². The molecule has 0 N–H and O–H groups in total. The third-order valence-corrected chi connectivity index (χ3v) is 4.24. The first-order valence-electron chi connectivity index (χ1n) is 7.06. The molecule has 22 heavy (non-hydrogen) atoms. The fraction of sp³-hybridized carbons (Fsp3) is 0.111. The largest absolute Gasteiger partial charge is 0.413 e. The maximum absolute atomic E-state index is 5.63. The van der Waals surface area contributed by atoms with Gasteiger partial charge >= 0.3 is 4.90 Å². The van der Waals surface area contributed by atoms with Gasteiger partial charge in [0.15, 0.2) is 11.8 Å². The van der Waals surface area contributed by atoms with Crippen molar-refractivity contribution in [1.29, 1.82) is 0 Å². The van der Waals surface area contributed by atoms with Crippen molar-refractivity contribution in [2.75, 3.05) is 0 Å². The summed E-state index contributed by atoms with van der Waals surface area (Å²) in [6.07, 6.45) is 1.96. The van der Waals surface area contributed by atoms with E-state index in [0.717, 1.165) is 11.3 Å². The van der Waals surface area contributed by atoms with Crippen molar-refractivity contribution in [3.63, 3.8) is 0 Å². The average Bonchev–Trinajstić information content (AvgIpc) is 2.89. The van der Waals surface area contributed by atoms with Gasteiger partial charge in [-0.2, -0.15) is 4.57 Å². The molecule has 4 aromatic rings. The van der Waals surface area contributed by atoms with Crippen molar-refractivity contribution in [2.24, 2.45) is 7.05 Å². The third-order valence-electron chi connectivity index (χ3n) is 4.07. The van der Waals surface area contributed by atoms with Gasteiger partial charge in [0, 0.05) is 18.3 Å². The number of rotatable bonds is 1. The van der Waals surface area contributed by atoms with Gasteiger partial charge < -0.3 is 8.83 Å². The lowest BCUT2D eigenvalue weighted by atomic mass is 9.97. The van der Waals surface area contributed by atoms with E-state index >= 15 is 0 Å². The molecule has 0 spiro atoms. The van der Waals surface area contributed by atoms with Gasteiger partial charge in [0.05, 0.1) is 5.56 Å². The molecule has 4 rings (SSSR count). The maximum Gasteiger partial charge on any atom is 0.363 e. The lowest BCUT2D eigenvalue weighted by Gasteiger charge is -2.08. The molecule has 0 amide bonds. The first-order valence-corrected chi connectivity index (χ1v) is 7.47. The zero-order chi connectivity index (χ0) is 15.3. The fourth-order valence-corrected chi connectivity index (χ4v) is 3.15. The Bertz CT molecular complexity index is 1080. The van der Waals surface area contributed by atoms with E-state index in [0.29, 0.717) is 11.2 Å².